The summed E-state index contributed by atoms with van der Waals surface area (Å²) in [6, 6.07) is 7.99. The zero-order valence-electron chi connectivity index (χ0n) is 9.34. The monoisotopic (exact) mass is 206 g/mol. The smallest absolute Gasteiger partial charge is 0.239 e. The van der Waals surface area contributed by atoms with E-state index in [0.29, 0.717) is 6.54 Å². The van der Waals surface area contributed by atoms with Gasteiger partial charge in [0.05, 0.1) is 6.54 Å². The van der Waals surface area contributed by atoms with Gasteiger partial charge in [0.15, 0.2) is 0 Å². The Hall–Kier alpha value is -1.51. The van der Waals surface area contributed by atoms with Crippen molar-refractivity contribution in [1.29, 1.82) is 0 Å². The van der Waals surface area contributed by atoms with Crippen LogP contribution in [0.25, 0.3) is 0 Å². The van der Waals surface area contributed by atoms with E-state index >= 15 is 0 Å². The van der Waals surface area contributed by atoms with Crippen LogP contribution in [0.5, 0.6) is 0 Å². The molecule has 0 aliphatic rings. The number of nitrogens with one attached hydrogen (secondary N) is 2. The Labute approximate surface area is 90.9 Å². The minimum atomic E-state index is 0.0393. The molecule has 3 nitrogen and oxygen atoms in total. The highest BCUT2D eigenvalue weighted by molar-refractivity contribution is 5.80. The number of hydrogen-bond acceptors (Lipinski definition) is 2. The van der Waals surface area contributed by atoms with E-state index in [-0.39, 0.29) is 5.91 Å². The lowest BCUT2D eigenvalue weighted by atomic mass is 10.2. The molecule has 1 amide bonds. The van der Waals surface area contributed by atoms with Gasteiger partial charge in [-0.1, -0.05) is 24.6 Å². The maximum Gasteiger partial charge on any atom is 0.239 e. The molecule has 0 bridgehead atoms. The number of benzene rings is 1. The average Bonchev–Trinajstić information content (AvgIpc) is 2.25. The van der Waals surface area contributed by atoms with Crippen LogP contribution in [0.3, 0.4) is 0 Å². The minimum absolute atomic E-state index is 0.0393. The van der Waals surface area contributed by atoms with E-state index < -0.39 is 0 Å². The summed E-state index contributed by atoms with van der Waals surface area (Å²) in [4.78, 5) is 11.3. The third-order valence-corrected chi connectivity index (χ3v) is 2.08. The molecule has 0 aliphatic carbocycles. The molecule has 1 rings (SSSR count). The van der Waals surface area contributed by atoms with Crippen molar-refractivity contribution in [2.45, 2.75) is 20.3 Å². The van der Waals surface area contributed by atoms with E-state index in [1.54, 1.807) is 0 Å². The van der Waals surface area contributed by atoms with Crippen LogP contribution in [0.2, 0.25) is 0 Å². The second-order valence-electron chi connectivity index (χ2n) is 3.57. The molecule has 0 atom stereocenters. The first-order chi connectivity index (χ1) is 7.22. The predicted molar refractivity (Wildman–Crippen MR) is 63.0 cm³/mol. The molecule has 0 fully saturated rings. The molecule has 0 saturated carbocycles. The normalized spacial score (nSPS) is 9.73. The largest absolute Gasteiger partial charge is 0.376 e. The Morgan fingerprint density at radius 2 is 1.93 bits per heavy atom. The van der Waals surface area contributed by atoms with Crippen LogP contribution in [-0.4, -0.2) is 19.0 Å². The number of aryl methyl sites for hydroxylation is 1. The van der Waals surface area contributed by atoms with E-state index in [1.165, 1.54) is 5.56 Å². The molecule has 0 spiro atoms. The average molecular weight is 206 g/mol. The summed E-state index contributed by atoms with van der Waals surface area (Å²) in [7, 11) is 0. The van der Waals surface area contributed by atoms with Crippen molar-refractivity contribution in [3.05, 3.63) is 29.8 Å². The minimum Gasteiger partial charge on any atom is -0.376 e. The summed E-state index contributed by atoms with van der Waals surface area (Å²) >= 11 is 0. The summed E-state index contributed by atoms with van der Waals surface area (Å²) in [5.41, 5.74) is 2.20. The molecule has 0 radical (unpaired) electrons. The number of carbonyl (C=O) groups excluding carboxylic acids is 1. The molecule has 0 saturated heterocycles. The van der Waals surface area contributed by atoms with E-state index in [2.05, 4.69) is 10.6 Å². The number of amides is 1. The molecular formula is C12H18N2O. The quantitative estimate of drug-likeness (QED) is 0.773. The molecule has 1 aromatic carbocycles. The van der Waals surface area contributed by atoms with Gasteiger partial charge in [0.2, 0.25) is 5.91 Å². The maximum atomic E-state index is 11.3. The number of rotatable bonds is 5. The van der Waals surface area contributed by atoms with Crippen molar-refractivity contribution < 1.29 is 4.79 Å². The number of carbonyl (C=O) groups is 1. The molecule has 82 valence electrons. The fourth-order valence-corrected chi connectivity index (χ4v) is 1.18. The van der Waals surface area contributed by atoms with E-state index in [9.17, 15) is 4.79 Å². The third-order valence-electron chi connectivity index (χ3n) is 2.08. The van der Waals surface area contributed by atoms with Crippen LogP contribution in [0, 0.1) is 6.92 Å². The predicted octanol–water partition coefficient (Wildman–Crippen LogP) is 1.93. The van der Waals surface area contributed by atoms with Crippen LogP contribution in [0.4, 0.5) is 5.69 Å². The Morgan fingerprint density at radius 1 is 1.27 bits per heavy atom. The van der Waals surface area contributed by atoms with Gasteiger partial charge in [0.1, 0.15) is 0 Å². The van der Waals surface area contributed by atoms with Crippen molar-refractivity contribution in [1.82, 2.24) is 5.32 Å². The van der Waals surface area contributed by atoms with Gasteiger partial charge in [-0.3, -0.25) is 4.79 Å². The van der Waals surface area contributed by atoms with Gasteiger partial charge in [-0.2, -0.15) is 0 Å². The molecule has 1 aromatic rings. The zero-order chi connectivity index (χ0) is 11.1. The molecule has 0 heterocycles. The lowest BCUT2D eigenvalue weighted by Crippen LogP contribution is -2.30. The first kappa shape index (κ1) is 11.6. The molecule has 0 aliphatic heterocycles. The van der Waals surface area contributed by atoms with E-state index in [0.717, 1.165) is 18.7 Å². The van der Waals surface area contributed by atoms with Crippen molar-refractivity contribution >= 4 is 11.6 Å². The Bertz CT molecular complexity index is 306. The highest BCUT2D eigenvalue weighted by atomic mass is 16.1. The fourth-order valence-electron chi connectivity index (χ4n) is 1.18. The summed E-state index contributed by atoms with van der Waals surface area (Å²) in [6.07, 6.45) is 0.969. The molecule has 3 heteroatoms. The first-order valence-corrected chi connectivity index (χ1v) is 5.29. The van der Waals surface area contributed by atoms with Crippen molar-refractivity contribution in [2.75, 3.05) is 18.4 Å². The summed E-state index contributed by atoms with van der Waals surface area (Å²) in [6.45, 7) is 5.16. The molecular weight excluding hydrogens is 188 g/mol. The Kier molecular flexibility index (Phi) is 4.68. The van der Waals surface area contributed by atoms with Crippen LogP contribution in [-0.2, 0) is 4.79 Å². The van der Waals surface area contributed by atoms with Gasteiger partial charge in [-0.15, -0.1) is 0 Å². The van der Waals surface area contributed by atoms with Crippen molar-refractivity contribution in [2.24, 2.45) is 0 Å². The van der Waals surface area contributed by atoms with Gasteiger partial charge < -0.3 is 10.6 Å². The van der Waals surface area contributed by atoms with Crippen LogP contribution >= 0.6 is 0 Å². The van der Waals surface area contributed by atoms with Gasteiger partial charge in [0, 0.05) is 12.2 Å². The fraction of sp³-hybridized carbons (Fsp3) is 0.417. The molecule has 15 heavy (non-hydrogen) atoms. The lowest BCUT2D eigenvalue weighted by Gasteiger charge is -2.06. The van der Waals surface area contributed by atoms with Crippen molar-refractivity contribution in [3.63, 3.8) is 0 Å². The molecule has 0 unspecified atom stereocenters. The zero-order valence-corrected chi connectivity index (χ0v) is 9.34. The van der Waals surface area contributed by atoms with Gasteiger partial charge >= 0.3 is 0 Å². The molecule has 0 aromatic heterocycles. The van der Waals surface area contributed by atoms with E-state index in [4.69, 9.17) is 0 Å². The first-order valence-electron chi connectivity index (χ1n) is 5.29. The Morgan fingerprint density at radius 3 is 2.53 bits per heavy atom. The summed E-state index contributed by atoms with van der Waals surface area (Å²) < 4.78 is 0. The highest BCUT2D eigenvalue weighted by Gasteiger charge is 1.98. The number of hydrogen-bond donors (Lipinski definition) is 2. The summed E-state index contributed by atoms with van der Waals surface area (Å²) in [5.74, 6) is 0.0393. The van der Waals surface area contributed by atoms with Gasteiger partial charge in [0.25, 0.3) is 0 Å². The van der Waals surface area contributed by atoms with E-state index in [1.807, 2.05) is 38.1 Å². The Balaban J connectivity index is 2.30. The standard InChI is InChI=1S/C12H18N2O/c1-3-8-13-12(15)9-14-11-6-4-10(2)5-7-11/h4-7,14H,3,8-9H2,1-2H3,(H,13,15). The van der Waals surface area contributed by atoms with Crippen molar-refractivity contribution in [3.8, 4) is 0 Å². The van der Waals surface area contributed by atoms with Crippen LogP contribution in [0.1, 0.15) is 18.9 Å². The van der Waals surface area contributed by atoms with Gasteiger partial charge in [-0.05, 0) is 25.5 Å². The third kappa shape index (κ3) is 4.49. The second-order valence-corrected chi connectivity index (χ2v) is 3.57. The van der Waals surface area contributed by atoms with Crippen LogP contribution in [0.15, 0.2) is 24.3 Å². The van der Waals surface area contributed by atoms with Gasteiger partial charge in [-0.25, -0.2) is 0 Å². The van der Waals surface area contributed by atoms with Crippen LogP contribution < -0.4 is 10.6 Å². The SMILES string of the molecule is CCCNC(=O)CNc1ccc(C)cc1. The lowest BCUT2D eigenvalue weighted by molar-refractivity contribution is -0.119. The second kappa shape index (κ2) is 6.06. The number of anilines is 1. The highest BCUT2D eigenvalue weighted by Crippen LogP contribution is 2.07. The maximum absolute atomic E-state index is 11.3. The topological polar surface area (TPSA) is 41.1 Å². The molecule has 2 N–H and O–H groups in total. The summed E-state index contributed by atoms with van der Waals surface area (Å²) in [5, 5.41) is 5.88.